The molecule has 0 aliphatic heterocycles. The van der Waals surface area contributed by atoms with Gasteiger partial charge in [0.25, 0.3) is 5.69 Å². The van der Waals surface area contributed by atoms with Crippen molar-refractivity contribution >= 4 is 17.3 Å². The highest BCUT2D eigenvalue weighted by atomic mass is 35.5. The molecular formula is C10H8ClN3O3. The Balaban J connectivity index is 2.30. The number of nitro groups is 1. The van der Waals surface area contributed by atoms with Crippen LogP contribution in [0.2, 0.25) is 0 Å². The molecule has 0 bridgehead atoms. The Hall–Kier alpha value is -1.95. The van der Waals surface area contributed by atoms with E-state index < -0.39 is 4.92 Å². The molecule has 2 aromatic rings. The van der Waals surface area contributed by atoms with E-state index in [9.17, 15) is 10.1 Å². The van der Waals surface area contributed by atoms with Crippen molar-refractivity contribution in [1.29, 1.82) is 0 Å². The minimum Gasteiger partial charge on any atom is -0.419 e. The number of benzene rings is 1. The Labute approximate surface area is 101 Å². The van der Waals surface area contributed by atoms with Crippen LogP contribution >= 0.6 is 11.6 Å². The summed E-state index contributed by atoms with van der Waals surface area (Å²) in [6.45, 7) is 1.72. The number of nitro benzene ring substituents is 1. The molecule has 0 aliphatic rings. The van der Waals surface area contributed by atoms with Crippen LogP contribution in [-0.4, -0.2) is 15.1 Å². The third kappa shape index (κ3) is 2.42. The Morgan fingerprint density at radius 3 is 2.47 bits per heavy atom. The molecule has 0 saturated heterocycles. The van der Waals surface area contributed by atoms with E-state index in [0.29, 0.717) is 17.3 Å². The number of hydrogen-bond acceptors (Lipinski definition) is 5. The topological polar surface area (TPSA) is 82.1 Å². The van der Waals surface area contributed by atoms with E-state index in [0.717, 1.165) is 0 Å². The van der Waals surface area contributed by atoms with E-state index in [1.165, 1.54) is 12.1 Å². The first kappa shape index (κ1) is 11.5. The van der Waals surface area contributed by atoms with Gasteiger partial charge >= 0.3 is 0 Å². The fourth-order valence-electron chi connectivity index (χ4n) is 1.24. The molecule has 0 aliphatic carbocycles. The molecule has 6 nitrogen and oxygen atoms in total. The average Bonchev–Trinajstić information content (AvgIpc) is 2.78. The molecule has 17 heavy (non-hydrogen) atoms. The molecule has 0 saturated carbocycles. The molecule has 1 heterocycles. The predicted molar refractivity (Wildman–Crippen MR) is 60.7 cm³/mol. The molecule has 1 aromatic heterocycles. The highest BCUT2D eigenvalue weighted by molar-refractivity contribution is 6.20. The zero-order valence-corrected chi connectivity index (χ0v) is 9.59. The van der Waals surface area contributed by atoms with Crippen LogP contribution in [0.15, 0.2) is 28.7 Å². The number of hydrogen-bond donors (Lipinski definition) is 0. The maximum Gasteiger partial charge on any atom is 0.269 e. The number of non-ortho nitro benzene ring substituents is 1. The van der Waals surface area contributed by atoms with Crippen molar-refractivity contribution < 1.29 is 9.34 Å². The summed E-state index contributed by atoms with van der Waals surface area (Å²) in [4.78, 5) is 10.0. The first-order chi connectivity index (χ1) is 8.08. The van der Waals surface area contributed by atoms with Crippen LogP contribution in [0, 0.1) is 10.1 Å². The van der Waals surface area contributed by atoms with Crippen LogP contribution in [0.3, 0.4) is 0 Å². The molecule has 7 heteroatoms. The smallest absolute Gasteiger partial charge is 0.269 e. The number of alkyl halides is 1. The summed E-state index contributed by atoms with van der Waals surface area (Å²) in [6, 6.07) is 5.86. The van der Waals surface area contributed by atoms with Crippen LogP contribution in [0.4, 0.5) is 5.69 Å². The van der Waals surface area contributed by atoms with E-state index in [1.54, 1.807) is 19.1 Å². The van der Waals surface area contributed by atoms with Crippen molar-refractivity contribution in [2.75, 3.05) is 0 Å². The zero-order valence-electron chi connectivity index (χ0n) is 8.83. The van der Waals surface area contributed by atoms with Gasteiger partial charge in [-0.05, 0) is 19.1 Å². The molecular weight excluding hydrogens is 246 g/mol. The maximum atomic E-state index is 10.5. The van der Waals surface area contributed by atoms with Crippen molar-refractivity contribution in [2.45, 2.75) is 12.3 Å². The van der Waals surface area contributed by atoms with Gasteiger partial charge in [0.15, 0.2) is 0 Å². The molecule has 88 valence electrons. The maximum absolute atomic E-state index is 10.5. The van der Waals surface area contributed by atoms with Crippen molar-refractivity contribution in [3.63, 3.8) is 0 Å². The molecule has 0 spiro atoms. The second-order valence-corrected chi connectivity index (χ2v) is 4.02. The molecule has 0 N–H and O–H groups in total. The monoisotopic (exact) mass is 253 g/mol. The van der Waals surface area contributed by atoms with E-state index in [4.69, 9.17) is 16.0 Å². The van der Waals surface area contributed by atoms with Gasteiger partial charge in [0, 0.05) is 17.7 Å². The van der Waals surface area contributed by atoms with Crippen LogP contribution < -0.4 is 0 Å². The van der Waals surface area contributed by atoms with Crippen molar-refractivity contribution in [3.8, 4) is 11.5 Å². The van der Waals surface area contributed by atoms with Crippen LogP contribution in [0.25, 0.3) is 11.5 Å². The molecule has 0 amide bonds. The third-order valence-electron chi connectivity index (χ3n) is 2.11. The van der Waals surface area contributed by atoms with E-state index in [2.05, 4.69) is 10.2 Å². The van der Waals surface area contributed by atoms with Gasteiger partial charge in [0.1, 0.15) is 5.38 Å². The summed E-state index contributed by atoms with van der Waals surface area (Å²) >= 11 is 5.79. The summed E-state index contributed by atoms with van der Waals surface area (Å²) in [5, 5.41) is 17.7. The van der Waals surface area contributed by atoms with Gasteiger partial charge in [0.05, 0.1) is 4.92 Å². The SMILES string of the molecule is C[C@@H](Cl)c1nnc(-c2ccc([N+](=O)[O-])cc2)o1. The summed E-state index contributed by atoms with van der Waals surface area (Å²) in [5.74, 6) is 0.613. The van der Waals surface area contributed by atoms with E-state index in [1.807, 2.05) is 0 Å². The minimum absolute atomic E-state index is 0.0131. The second kappa shape index (κ2) is 4.50. The summed E-state index contributed by atoms with van der Waals surface area (Å²) in [6.07, 6.45) is 0. The van der Waals surface area contributed by atoms with Gasteiger partial charge in [0.2, 0.25) is 11.8 Å². The fraction of sp³-hybridized carbons (Fsp3) is 0.200. The standard InChI is InChI=1S/C10H8ClN3O3/c1-6(11)9-12-13-10(17-9)7-2-4-8(5-3-7)14(15)16/h2-6H,1H3/t6-/m1/s1. The first-order valence-corrected chi connectivity index (χ1v) is 5.24. The van der Waals surface area contributed by atoms with E-state index in [-0.39, 0.29) is 11.1 Å². The Morgan fingerprint density at radius 1 is 1.35 bits per heavy atom. The largest absolute Gasteiger partial charge is 0.419 e. The van der Waals surface area contributed by atoms with Gasteiger partial charge in [-0.15, -0.1) is 21.8 Å². The lowest BCUT2D eigenvalue weighted by Crippen LogP contribution is -1.87. The summed E-state index contributed by atoms with van der Waals surface area (Å²) in [7, 11) is 0. The quantitative estimate of drug-likeness (QED) is 0.477. The molecule has 1 atom stereocenters. The number of rotatable bonds is 3. The number of halogens is 1. The Kier molecular flexibility index (Phi) is 3.06. The lowest BCUT2D eigenvalue weighted by Gasteiger charge is -1.95. The third-order valence-corrected chi connectivity index (χ3v) is 2.29. The average molecular weight is 254 g/mol. The lowest BCUT2D eigenvalue weighted by molar-refractivity contribution is -0.384. The molecule has 0 unspecified atom stereocenters. The fourth-order valence-corrected chi connectivity index (χ4v) is 1.33. The zero-order chi connectivity index (χ0) is 12.4. The van der Waals surface area contributed by atoms with Gasteiger partial charge in [-0.1, -0.05) is 0 Å². The van der Waals surface area contributed by atoms with Crippen LogP contribution in [0.5, 0.6) is 0 Å². The normalized spacial score (nSPS) is 12.4. The minimum atomic E-state index is -0.468. The first-order valence-electron chi connectivity index (χ1n) is 4.80. The highest BCUT2D eigenvalue weighted by Gasteiger charge is 2.13. The van der Waals surface area contributed by atoms with E-state index >= 15 is 0 Å². The van der Waals surface area contributed by atoms with Crippen molar-refractivity contribution in [2.24, 2.45) is 0 Å². The predicted octanol–water partition coefficient (Wildman–Crippen LogP) is 2.94. The lowest BCUT2D eigenvalue weighted by atomic mass is 10.2. The Morgan fingerprint density at radius 2 is 2.00 bits per heavy atom. The van der Waals surface area contributed by atoms with Crippen molar-refractivity contribution in [3.05, 3.63) is 40.3 Å². The highest BCUT2D eigenvalue weighted by Crippen LogP contribution is 2.24. The number of aromatic nitrogens is 2. The van der Waals surface area contributed by atoms with Crippen LogP contribution in [-0.2, 0) is 0 Å². The molecule has 0 fully saturated rings. The number of nitrogens with zero attached hydrogens (tertiary/aromatic N) is 3. The van der Waals surface area contributed by atoms with Gasteiger partial charge in [-0.2, -0.15) is 0 Å². The van der Waals surface area contributed by atoms with Crippen molar-refractivity contribution in [1.82, 2.24) is 10.2 Å². The summed E-state index contributed by atoms with van der Waals surface area (Å²) < 4.78 is 5.31. The molecule has 1 aromatic carbocycles. The molecule has 2 rings (SSSR count). The summed E-state index contributed by atoms with van der Waals surface area (Å²) in [5.41, 5.74) is 0.630. The second-order valence-electron chi connectivity index (χ2n) is 3.37. The van der Waals surface area contributed by atoms with Gasteiger partial charge in [-0.3, -0.25) is 10.1 Å². The van der Waals surface area contributed by atoms with Gasteiger partial charge in [-0.25, -0.2) is 0 Å². The molecule has 0 radical (unpaired) electrons. The van der Waals surface area contributed by atoms with Crippen LogP contribution in [0.1, 0.15) is 18.2 Å². The Bertz CT molecular complexity index is 536. The van der Waals surface area contributed by atoms with Gasteiger partial charge < -0.3 is 4.42 Å².